The molecule has 0 spiro atoms. The van der Waals surface area contributed by atoms with E-state index in [1.54, 1.807) is 4.90 Å². The van der Waals surface area contributed by atoms with Crippen LogP contribution in [0.15, 0.2) is 78.9 Å². The molecular weight excluding hydrogens is 376 g/mol. The van der Waals surface area contributed by atoms with Crippen molar-refractivity contribution >= 4 is 17.5 Å². The van der Waals surface area contributed by atoms with Crippen molar-refractivity contribution < 1.29 is 14.3 Å². The van der Waals surface area contributed by atoms with Gasteiger partial charge in [-0.2, -0.15) is 0 Å². The summed E-state index contributed by atoms with van der Waals surface area (Å²) in [5.74, 6) is 1.04. The third kappa shape index (κ3) is 4.69. The molecule has 1 saturated heterocycles. The summed E-state index contributed by atoms with van der Waals surface area (Å²) < 4.78 is 5.89. The summed E-state index contributed by atoms with van der Waals surface area (Å²) in [6.45, 7) is 2.97. The molecule has 0 unspecified atom stereocenters. The SMILES string of the molecule is Cc1ccccc1Oc1ccc(NC(=O)[C@H]2CC(=O)N(Cc3ccccc3)C2)cc1. The molecule has 1 heterocycles. The van der Waals surface area contributed by atoms with Gasteiger partial charge in [-0.3, -0.25) is 9.59 Å². The number of anilines is 1. The molecule has 0 radical (unpaired) electrons. The Morgan fingerprint density at radius 2 is 1.70 bits per heavy atom. The van der Waals surface area contributed by atoms with Gasteiger partial charge in [0.15, 0.2) is 0 Å². The molecule has 3 aromatic rings. The molecule has 152 valence electrons. The molecule has 0 saturated carbocycles. The first kappa shape index (κ1) is 19.7. The maximum absolute atomic E-state index is 12.7. The van der Waals surface area contributed by atoms with Crippen LogP contribution in [-0.2, 0) is 16.1 Å². The minimum Gasteiger partial charge on any atom is -0.457 e. The number of hydrogen-bond acceptors (Lipinski definition) is 3. The number of likely N-dealkylation sites (tertiary alicyclic amines) is 1. The van der Waals surface area contributed by atoms with Crippen molar-refractivity contribution in [3.63, 3.8) is 0 Å². The van der Waals surface area contributed by atoms with E-state index < -0.39 is 0 Å². The number of para-hydroxylation sites is 1. The lowest BCUT2D eigenvalue weighted by Gasteiger charge is -2.16. The molecule has 5 nitrogen and oxygen atoms in total. The van der Waals surface area contributed by atoms with Crippen LogP contribution < -0.4 is 10.1 Å². The predicted molar refractivity (Wildman–Crippen MR) is 116 cm³/mol. The summed E-state index contributed by atoms with van der Waals surface area (Å²) in [5.41, 5.74) is 2.81. The first-order valence-electron chi connectivity index (χ1n) is 10.0. The lowest BCUT2D eigenvalue weighted by molar-refractivity contribution is -0.128. The standard InChI is InChI=1S/C25H24N2O3/c1-18-7-5-6-10-23(18)30-22-13-11-21(12-14-22)26-25(29)20-15-24(28)27(17-20)16-19-8-3-2-4-9-19/h2-14,20H,15-17H2,1H3,(H,26,29)/t20-/m0/s1. The second-order valence-corrected chi connectivity index (χ2v) is 7.54. The number of nitrogens with one attached hydrogen (secondary N) is 1. The number of nitrogens with zero attached hydrogens (tertiary/aromatic N) is 1. The molecule has 1 aliphatic rings. The fourth-order valence-corrected chi connectivity index (χ4v) is 3.55. The molecular formula is C25H24N2O3. The number of benzene rings is 3. The first-order chi connectivity index (χ1) is 14.6. The summed E-state index contributed by atoms with van der Waals surface area (Å²) in [6, 6.07) is 24.9. The van der Waals surface area contributed by atoms with Crippen LogP contribution in [0, 0.1) is 12.8 Å². The Morgan fingerprint density at radius 1 is 1.00 bits per heavy atom. The van der Waals surface area contributed by atoms with Crippen molar-refractivity contribution in [2.24, 2.45) is 5.92 Å². The van der Waals surface area contributed by atoms with E-state index in [9.17, 15) is 9.59 Å². The van der Waals surface area contributed by atoms with Gasteiger partial charge in [-0.1, -0.05) is 48.5 Å². The second kappa shape index (κ2) is 8.82. The minimum atomic E-state index is -0.343. The van der Waals surface area contributed by atoms with E-state index in [4.69, 9.17) is 4.74 Å². The van der Waals surface area contributed by atoms with E-state index >= 15 is 0 Å². The molecule has 4 rings (SSSR count). The fourth-order valence-electron chi connectivity index (χ4n) is 3.55. The zero-order valence-corrected chi connectivity index (χ0v) is 16.9. The van der Waals surface area contributed by atoms with Crippen molar-refractivity contribution in [1.82, 2.24) is 4.90 Å². The van der Waals surface area contributed by atoms with Crippen molar-refractivity contribution in [1.29, 1.82) is 0 Å². The molecule has 1 fully saturated rings. The molecule has 0 bridgehead atoms. The average molecular weight is 400 g/mol. The van der Waals surface area contributed by atoms with Crippen molar-refractivity contribution in [3.05, 3.63) is 90.0 Å². The second-order valence-electron chi connectivity index (χ2n) is 7.54. The molecule has 0 aliphatic carbocycles. The molecule has 5 heteroatoms. The van der Waals surface area contributed by atoms with Gasteiger partial charge in [-0.15, -0.1) is 0 Å². The molecule has 1 aliphatic heterocycles. The van der Waals surface area contributed by atoms with Gasteiger partial charge in [-0.25, -0.2) is 0 Å². The number of rotatable bonds is 6. The summed E-state index contributed by atoms with van der Waals surface area (Å²) >= 11 is 0. The number of aryl methyl sites for hydroxylation is 1. The lowest BCUT2D eigenvalue weighted by Crippen LogP contribution is -2.28. The number of ether oxygens (including phenoxy) is 1. The summed E-state index contributed by atoms with van der Waals surface area (Å²) in [5, 5.41) is 2.92. The highest BCUT2D eigenvalue weighted by molar-refractivity contribution is 5.97. The normalized spacial score (nSPS) is 15.8. The van der Waals surface area contributed by atoms with E-state index in [0.717, 1.165) is 16.9 Å². The number of amides is 2. The Kier molecular flexibility index (Phi) is 5.80. The van der Waals surface area contributed by atoms with Crippen molar-refractivity contribution in [2.45, 2.75) is 19.9 Å². The third-order valence-corrected chi connectivity index (χ3v) is 5.24. The van der Waals surface area contributed by atoms with Crippen LogP contribution in [0.5, 0.6) is 11.5 Å². The quantitative estimate of drug-likeness (QED) is 0.648. The number of hydrogen-bond donors (Lipinski definition) is 1. The van der Waals surface area contributed by atoms with Crippen molar-refractivity contribution in [2.75, 3.05) is 11.9 Å². The Morgan fingerprint density at radius 3 is 2.43 bits per heavy atom. The molecule has 3 aromatic carbocycles. The summed E-state index contributed by atoms with van der Waals surface area (Å²) in [4.78, 5) is 26.7. The van der Waals surface area contributed by atoms with Gasteiger partial charge < -0.3 is 15.0 Å². The lowest BCUT2D eigenvalue weighted by atomic mass is 10.1. The first-order valence-corrected chi connectivity index (χ1v) is 10.0. The van der Waals surface area contributed by atoms with E-state index in [1.807, 2.05) is 85.8 Å². The Hall–Kier alpha value is -3.60. The van der Waals surface area contributed by atoms with E-state index in [0.29, 0.717) is 24.5 Å². The Balaban J connectivity index is 1.33. The van der Waals surface area contributed by atoms with E-state index in [1.165, 1.54) is 0 Å². The van der Waals surface area contributed by atoms with Gasteiger partial charge >= 0.3 is 0 Å². The molecule has 2 amide bonds. The molecule has 30 heavy (non-hydrogen) atoms. The van der Waals surface area contributed by atoms with Gasteiger partial charge in [0.1, 0.15) is 11.5 Å². The number of carbonyl (C=O) groups excluding carboxylic acids is 2. The Labute approximate surface area is 176 Å². The van der Waals surface area contributed by atoms with Gasteiger partial charge in [0.2, 0.25) is 11.8 Å². The zero-order valence-electron chi connectivity index (χ0n) is 16.9. The van der Waals surface area contributed by atoms with Crippen LogP contribution in [0.4, 0.5) is 5.69 Å². The molecule has 0 aromatic heterocycles. The van der Waals surface area contributed by atoms with Crippen LogP contribution in [0.2, 0.25) is 0 Å². The molecule has 1 N–H and O–H groups in total. The third-order valence-electron chi connectivity index (χ3n) is 5.24. The van der Waals surface area contributed by atoms with Crippen LogP contribution in [0.1, 0.15) is 17.5 Å². The molecule has 1 atom stereocenters. The smallest absolute Gasteiger partial charge is 0.229 e. The topological polar surface area (TPSA) is 58.6 Å². The van der Waals surface area contributed by atoms with Gasteiger partial charge in [0.25, 0.3) is 0 Å². The summed E-state index contributed by atoms with van der Waals surface area (Å²) in [7, 11) is 0. The number of carbonyl (C=O) groups is 2. The maximum Gasteiger partial charge on any atom is 0.229 e. The highest BCUT2D eigenvalue weighted by Crippen LogP contribution is 2.26. The maximum atomic E-state index is 12.7. The Bertz CT molecular complexity index is 1030. The van der Waals surface area contributed by atoms with Crippen LogP contribution in [0.3, 0.4) is 0 Å². The predicted octanol–water partition coefficient (Wildman–Crippen LogP) is 4.77. The largest absolute Gasteiger partial charge is 0.457 e. The monoisotopic (exact) mass is 400 g/mol. The van der Waals surface area contributed by atoms with Crippen molar-refractivity contribution in [3.8, 4) is 11.5 Å². The van der Waals surface area contributed by atoms with Crippen LogP contribution in [0.25, 0.3) is 0 Å². The zero-order chi connectivity index (χ0) is 20.9. The van der Waals surface area contributed by atoms with Crippen LogP contribution in [-0.4, -0.2) is 23.3 Å². The fraction of sp³-hybridized carbons (Fsp3) is 0.200. The van der Waals surface area contributed by atoms with Gasteiger partial charge in [0, 0.05) is 25.2 Å². The summed E-state index contributed by atoms with van der Waals surface area (Å²) in [6.07, 6.45) is 0.243. The highest BCUT2D eigenvalue weighted by Gasteiger charge is 2.34. The van der Waals surface area contributed by atoms with Gasteiger partial charge in [-0.05, 0) is 48.4 Å². The average Bonchev–Trinajstić information content (AvgIpc) is 3.12. The highest BCUT2D eigenvalue weighted by atomic mass is 16.5. The minimum absolute atomic E-state index is 0.0148. The van der Waals surface area contributed by atoms with E-state index in [2.05, 4.69) is 5.32 Å². The van der Waals surface area contributed by atoms with Crippen LogP contribution >= 0.6 is 0 Å². The van der Waals surface area contributed by atoms with Gasteiger partial charge in [0.05, 0.1) is 5.92 Å². The van der Waals surface area contributed by atoms with E-state index in [-0.39, 0.29) is 24.2 Å².